The van der Waals surface area contributed by atoms with E-state index in [1.807, 2.05) is 52.0 Å². The maximum Gasteiger partial charge on any atom is 0.229 e. The molecular weight excluding hydrogens is 378 g/mol. The van der Waals surface area contributed by atoms with Crippen molar-refractivity contribution in [3.63, 3.8) is 0 Å². The van der Waals surface area contributed by atoms with Crippen LogP contribution in [0.15, 0.2) is 59.1 Å². The summed E-state index contributed by atoms with van der Waals surface area (Å²) in [4.78, 5) is 28.5. The molecular formula is C24H27N3O3. The Hall–Kier alpha value is -3.41. The molecule has 1 aromatic heterocycles. The maximum absolute atomic E-state index is 12.2. The molecule has 1 heterocycles. The molecule has 2 amide bonds. The van der Waals surface area contributed by atoms with Gasteiger partial charge >= 0.3 is 0 Å². The van der Waals surface area contributed by atoms with E-state index in [4.69, 9.17) is 4.42 Å². The second-order valence-electron chi connectivity index (χ2n) is 8.31. The standard InChI is InChI=1S/C24H27N3O3/c1-16-5-7-17(8-6-16)20-15-25-22(30-20)14-13-21(28)26-18-9-11-19(12-10-18)27-23(29)24(2,3)4/h5-12,15H,13-14H2,1-4H3,(H,26,28)(H,27,29). The first-order valence-electron chi connectivity index (χ1n) is 9.94. The summed E-state index contributed by atoms with van der Waals surface area (Å²) in [5.74, 6) is 1.03. The van der Waals surface area contributed by atoms with E-state index >= 15 is 0 Å². The summed E-state index contributed by atoms with van der Waals surface area (Å²) in [7, 11) is 0. The topological polar surface area (TPSA) is 84.2 Å². The average Bonchev–Trinajstić information content (AvgIpc) is 3.17. The summed E-state index contributed by atoms with van der Waals surface area (Å²) in [5.41, 5.74) is 3.03. The van der Waals surface area contributed by atoms with Crippen LogP contribution in [0.5, 0.6) is 0 Å². The van der Waals surface area contributed by atoms with Gasteiger partial charge < -0.3 is 15.1 Å². The Bertz CT molecular complexity index is 1010. The summed E-state index contributed by atoms with van der Waals surface area (Å²) in [6.45, 7) is 7.60. The minimum absolute atomic E-state index is 0.0600. The number of nitrogens with one attached hydrogen (secondary N) is 2. The van der Waals surface area contributed by atoms with Crippen molar-refractivity contribution in [1.82, 2.24) is 4.98 Å². The van der Waals surface area contributed by atoms with Gasteiger partial charge in [0.25, 0.3) is 0 Å². The third-order valence-electron chi connectivity index (χ3n) is 4.56. The lowest BCUT2D eigenvalue weighted by molar-refractivity contribution is -0.123. The Morgan fingerprint density at radius 2 is 1.53 bits per heavy atom. The molecule has 30 heavy (non-hydrogen) atoms. The molecule has 0 aliphatic heterocycles. The van der Waals surface area contributed by atoms with Crippen molar-refractivity contribution < 1.29 is 14.0 Å². The molecule has 0 aliphatic carbocycles. The molecule has 6 nitrogen and oxygen atoms in total. The number of amides is 2. The van der Waals surface area contributed by atoms with Crippen molar-refractivity contribution in [2.75, 3.05) is 10.6 Å². The third kappa shape index (κ3) is 5.80. The van der Waals surface area contributed by atoms with Gasteiger partial charge in [0.05, 0.1) is 6.20 Å². The SMILES string of the molecule is Cc1ccc(-c2cnc(CCC(=O)Nc3ccc(NC(=O)C(C)(C)C)cc3)o2)cc1. The molecule has 2 aromatic carbocycles. The Morgan fingerprint density at radius 1 is 0.933 bits per heavy atom. The lowest BCUT2D eigenvalue weighted by atomic mass is 9.95. The lowest BCUT2D eigenvalue weighted by Crippen LogP contribution is -2.27. The van der Waals surface area contributed by atoms with Gasteiger partial charge in [-0.3, -0.25) is 9.59 Å². The van der Waals surface area contributed by atoms with Crippen LogP contribution in [0.4, 0.5) is 11.4 Å². The number of carbonyl (C=O) groups is 2. The van der Waals surface area contributed by atoms with Gasteiger partial charge in [0.2, 0.25) is 11.8 Å². The highest BCUT2D eigenvalue weighted by Gasteiger charge is 2.21. The predicted octanol–water partition coefficient (Wildman–Crippen LogP) is 5.21. The van der Waals surface area contributed by atoms with Crippen LogP contribution < -0.4 is 10.6 Å². The van der Waals surface area contributed by atoms with Crippen LogP contribution in [0.25, 0.3) is 11.3 Å². The van der Waals surface area contributed by atoms with Crippen LogP contribution >= 0.6 is 0 Å². The van der Waals surface area contributed by atoms with Crippen molar-refractivity contribution >= 4 is 23.2 Å². The summed E-state index contributed by atoms with van der Waals surface area (Å²) in [6, 6.07) is 15.1. The average molecular weight is 405 g/mol. The highest BCUT2D eigenvalue weighted by atomic mass is 16.4. The zero-order valence-corrected chi connectivity index (χ0v) is 17.8. The quantitative estimate of drug-likeness (QED) is 0.590. The monoisotopic (exact) mass is 405 g/mol. The van der Waals surface area contributed by atoms with E-state index in [0.717, 1.165) is 5.56 Å². The summed E-state index contributed by atoms with van der Waals surface area (Å²) in [5, 5.41) is 5.70. The Morgan fingerprint density at radius 3 is 2.13 bits per heavy atom. The Labute approximate surface area is 176 Å². The van der Waals surface area contributed by atoms with Crippen molar-refractivity contribution in [2.24, 2.45) is 5.41 Å². The summed E-state index contributed by atoms with van der Waals surface area (Å²) in [6.07, 6.45) is 2.36. The van der Waals surface area contributed by atoms with Crippen molar-refractivity contribution in [2.45, 2.75) is 40.5 Å². The highest BCUT2D eigenvalue weighted by molar-refractivity contribution is 5.95. The fourth-order valence-electron chi connectivity index (χ4n) is 2.68. The third-order valence-corrected chi connectivity index (χ3v) is 4.56. The van der Waals surface area contributed by atoms with Crippen molar-refractivity contribution in [3.8, 4) is 11.3 Å². The van der Waals surface area contributed by atoms with Crippen LogP contribution in [-0.4, -0.2) is 16.8 Å². The van der Waals surface area contributed by atoms with E-state index in [-0.39, 0.29) is 18.2 Å². The Balaban J connectivity index is 1.50. The molecule has 3 rings (SSSR count). The molecule has 0 unspecified atom stereocenters. The van der Waals surface area contributed by atoms with Crippen LogP contribution in [0, 0.1) is 12.3 Å². The zero-order valence-electron chi connectivity index (χ0n) is 17.8. The summed E-state index contributed by atoms with van der Waals surface area (Å²) < 4.78 is 5.76. The molecule has 0 atom stereocenters. The molecule has 0 spiro atoms. The number of benzene rings is 2. The minimum Gasteiger partial charge on any atom is -0.441 e. The lowest BCUT2D eigenvalue weighted by Gasteiger charge is -2.17. The molecule has 3 aromatic rings. The molecule has 0 bridgehead atoms. The molecule has 0 aliphatic rings. The van der Waals surface area contributed by atoms with E-state index in [2.05, 4.69) is 15.6 Å². The number of carbonyl (C=O) groups excluding carboxylic acids is 2. The molecule has 0 saturated carbocycles. The van der Waals surface area contributed by atoms with Gasteiger partial charge in [0, 0.05) is 35.2 Å². The fourth-order valence-corrected chi connectivity index (χ4v) is 2.68. The van der Waals surface area contributed by atoms with Gasteiger partial charge in [-0.1, -0.05) is 50.6 Å². The van der Waals surface area contributed by atoms with Gasteiger partial charge in [-0.25, -0.2) is 4.98 Å². The highest BCUT2D eigenvalue weighted by Crippen LogP contribution is 2.22. The molecule has 6 heteroatoms. The van der Waals surface area contributed by atoms with E-state index in [0.29, 0.717) is 29.4 Å². The predicted molar refractivity (Wildman–Crippen MR) is 118 cm³/mol. The number of aromatic nitrogens is 1. The van der Waals surface area contributed by atoms with E-state index < -0.39 is 5.41 Å². The van der Waals surface area contributed by atoms with Gasteiger partial charge in [-0.15, -0.1) is 0 Å². The minimum atomic E-state index is -0.466. The smallest absolute Gasteiger partial charge is 0.229 e. The van der Waals surface area contributed by atoms with Gasteiger partial charge in [0.1, 0.15) is 0 Å². The van der Waals surface area contributed by atoms with Crippen LogP contribution in [-0.2, 0) is 16.0 Å². The number of hydrogen-bond acceptors (Lipinski definition) is 4. The number of rotatable bonds is 6. The first-order valence-corrected chi connectivity index (χ1v) is 9.94. The molecule has 0 radical (unpaired) electrons. The first-order chi connectivity index (χ1) is 14.2. The van der Waals surface area contributed by atoms with E-state index in [9.17, 15) is 9.59 Å². The first kappa shape index (κ1) is 21.3. The second-order valence-corrected chi connectivity index (χ2v) is 8.31. The maximum atomic E-state index is 12.2. The van der Waals surface area contributed by atoms with Crippen LogP contribution in [0.2, 0.25) is 0 Å². The molecule has 2 N–H and O–H groups in total. The normalized spacial score (nSPS) is 11.2. The fraction of sp³-hybridized carbons (Fsp3) is 0.292. The van der Waals surface area contributed by atoms with Gasteiger partial charge in [-0.05, 0) is 31.2 Å². The number of anilines is 2. The number of hydrogen-bond donors (Lipinski definition) is 2. The van der Waals surface area contributed by atoms with Crippen molar-refractivity contribution in [1.29, 1.82) is 0 Å². The zero-order chi connectivity index (χ0) is 21.7. The van der Waals surface area contributed by atoms with Gasteiger partial charge in [0.15, 0.2) is 11.7 Å². The van der Waals surface area contributed by atoms with E-state index in [1.54, 1.807) is 30.5 Å². The molecule has 0 fully saturated rings. The van der Waals surface area contributed by atoms with Crippen molar-refractivity contribution in [3.05, 3.63) is 66.2 Å². The van der Waals surface area contributed by atoms with Gasteiger partial charge in [-0.2, -0.15) is 0 Å². The second kappa shape index (κ2) is 8.95. The Kier molecular flexibility index (Phi) is 6.35. The van der Waals surface area contributed by atoms with Crippen LogP contribution in [0.3, 0.4) is 0 Å². The van der Waals surface area contributed by atoms with Crippen LogP contribution in [0.1, 0.15) is 38.6 Å². The molecule has 0 saturated heterocycles. The summed E-state index contributed by atoms with van der Waals surface area (Å²) >= 11 is 0. The number of aryl methyl sites for hydroxylation is 2. The number of oxazole rings is 1. The van der Waals surface area contributed by atoms with E-state index in [1.165, 1.54) is 5.56 Å². The number of nitrogens with zero attached hydrogens (tertiary/aromatic N) is 1. The molecule has 156 valence electrons. The largest absolute Gasteiger partial charge is 0.441 e.